The fraction of sp³-hybridized carbons (Fsp3) is 0.464. The number of fused-ring (bicyclic) bond motifs is 1. The maximum atomic E-state index is 7.48. The predicted molar refractivity (Wildman–Crippen MR) is 147 cm³/mol. The minimum atomic E-state index is 0. The van der Waals surface area contributed by atoms with Crippen LogP contribution in [0.1, 0.15) is 75.1 Å². The van der Waals surface area contributed by atoms with Gasteiger partial charge in [-0.15, -0.1) is 6.04 Å². The van der Waals surface area contributed by atoms with E-state index in [-0.39, 0.29) is 52.9 Å². The van der Waals surface area contributed by atoms with Crippen LogP contribution in [0.15, 0.2) is 37.1 Å². The van der Waals surface area contributed by atoms with Gasteiger partial charge in [0.15, 0.2) is 0 Å². The number of nitrogens with zero attached hydrogens (tertiary/aromatic N) is 1. The van der Waals surface area contributed by atoms with E-state index in [9.17, 15) is 0 Å². The molecule has 1 heterocycles. The molecule has 0 saturated heterocycles. The van der Waals surface area contributed by atoms with Gasteiger partial charge in [0.2, 0.25) is 0 Å². The summed E-state index contributed by atoms with van der Waals surface area (Å²) in [5.74, 6) is 0.670. The van der Waals surface area contributed by atoms with Crippen molar-refractivity contribution >= 4 is 17.0 Å². The second-order valence-corrected chi connectivity index (χ2v) is 7.86. The largest absolute Gasteiger partial charge is 0.674 e. The van der Waals surface area contributed by atoms with Gasteiger partial charge in [0.05, 0.1) is 5.52 Å². The van der Waals surface area contributed by atoms with E-state index in [0.29, 0.717) is 5.92 Å². The SMILES string of the molecule is C=C/C=C\c1c(C)c(C)c2cccnc2c1C.CC1CCCCC1[NH-].CCC.O.O.[CH3-].[CH3-].[Pt]. The number of aromatic nitrogens is 1. The van der Waals surface area contributed by atoms with Crippen molar-refractivity contribution in [3.63, 3.8) is 0 Å². The maximum absolute atomic E-state index is 7.48. The van der Waals surface area contributed by atoms with Gasteiger partial charge in [0.1, 0.15) is 0 Å². The van der Waals surface area contributed by atoms with Crippen molar-refractivity contribution in [3.8, 4) is 0 Å². The van der Waals surface area contributed by atoms with Crippen LogP contribution < -0.4 is 0 Å². The molecule has 1 saturated carbocycles. The second kappa shape index (κ2) is 22.5. The molecule has 5 heteroatoms. The molecule has 0 radical (unpaired) electrons. The van der Waals surface area contributed by atoms with Crippen LogP contribution in [0.3, 0.4) is 0 Å². The number of nitrogens with one attached hydrogen (secondary N) is 1. The third-order valence-corrected chi connectivity index (χ3v) is 5.45. The number of pyridine rings is 1. The molecule has 0 amide bonds. The maximum Gasteiger partial charge on any atom is 0.0739 e. The minimum absolute atomic E-state index is 0. The Morgan fingerprint density at radius 2 is 1.58 bits per heavy atom. The number of rotatable bonds is 2. The third kappa shape index (κ3) is 12.6. The Kier molecular flexibility index (Phi) is 28.5. The van der Waals surface area contributed by atoms with Crippen molar-refractivity contribution in [1.29, 1.82) is 0 Å². The van der Waals surface area contributed by atoms with Crippen LogP contribution >= 0.6 is 0 Å². The monoisotopic (exact) mass is 640 g/mol. The number of aryl methyl sites for hydroxylation is 2. The minimum Gasteiger partial charge on any atom is -0.674 e. The molecule has 1 aliphatic carbocycles. The standard InChI is InChI=1S/C16H17N.C7H14N.C3H8.2CH3.2H2O.Pt/c1-5-6-8-14-11(2)12(3)15-9-7-10-17-16(15)13(14)4;1-6-4-2-3-5-7(6)8;1-3-2;;;;;/h5-10H,1H2,2-4H3;6-8H,2-5H2,1H3;3H2,1-2H3;2*1H3;2*1H2;/q;-1;;2*-1;;;/b8-6-;;;;;;;. The zero-order chi connectivity index (χ0) is 21.1. The number of hydrogen-bond acceptors (Lipinski definition) is 1. The van der Waals surface area contributed by atoms with E-state index in [1.54, 1.807) is 6.08 Å². The number of hydrogen-bond donors (Lipinski definition) is 0. The predicted octanol–water partition coefficient (Wildman–Crippen LogP) is 7.64. The molecular weight excluding hydrogens is 591 g/mol. The molecule has 2 atom stereocenters. The van der Waals surface area contributed by atoms with Gasteiger partial charge in [0.25, 0.3) is 0 Å². The molecule has 0 aliphatic heterocycles. The molecule has 196 valence electrons. The van der Waals surface area contributed by atoms with Crippen molar-refractivity contribution in [2.75, 3.05) is 0 Å². The summed E-state index contributed by atoms with van der Waals surface area (Å²) in [5, 5.41) is 1.25. The van der Waals surface area contributed by atoms with Crippen molar-refractivity contribution in [2.24, 2.45) is 5.92 Å². The van der Waals surface area contributed by atoms with E-state index in [1.165, 1.54) is 53.3 Å². The molecule has 5 N–H and O–H groups in total. The van der Waals surface area contributed by atoms with E-state index in [4.69, 9.17) is 5.73 Å². The number of benzene rings is 1. The summed E-state index contributed by atoms with van der Waals surface area (Å²) in [6, 6.07) is 4.38. The van der Waals surface area contributed by atoms with E-state index in [0.717, 1.165) is 11.9 Å². The van der Waals surface area contributed by atoms with E-state index < -0.39 is 0 Å². The van der Waals surface area contributed by atoms with Gasteiger partial charge in [-0.1, -0.05) is 89.7 Å². The molecule has 2 aromatic rings. The van der Waals surface area contributed by atoms with E-state index in [1.807, 2.05) is 18.3 Å². The summed E-state index contributed by atoms with van der Waals surface area (Å²) < 4.78 is 0. The first-order valence-corrected chi connectivity index (χ1v) is 10.7. The van der Waals surface area contributed by atoms with Gasteiger partial charge in [-0.05, 0) is 49.1 Å². The van der Waals surface area contributed by atoms with Gasteiger partial charge >= 0.3 is 0 Å². The van der Waals surface area contributed by atoms with Gasteiger partial charge in [0, 0.05) is 32.6 Å². The Bertz CT molecular complexity index is 781. The summed E-state index contributed by atoms with van der Waals surface area (Å²) in [4.78, 5) is 4.49. The average molecular weight is 641 g/mol. The van der Waals surface area contributed by atoms with Crippen LogP contribution in [-0.4, -0.2) is 22.0 Å². The van der Waals surface area contributed by atoms with Crippen LogP contribution in [0, 0.1) is 41.5 Å². The van der Waals surface area contributed by atoms with Crippen LogP contribution in [0.4, 0.5) is 0 Å². The zero-order valence-electron chi connectivity index (χ0n) is 22.1. The van der Waals surface area contributed by atoms with Crippen molar-refractivity contribution in [1.82, 2.24) is 4.98 Å². The van der Waals surface area contributed by atoms with Gasteiger partial charge in [-0.2, -0.15) is 0 Å². The quantitative estimate of drug-likeness (QED) is 0.245. The molecule has 2 unspecified atom stereocenters. The smallest absolute Gasteiger partial charge is 0.0739 e. The zero-order valence-corrected chi connectivity index (χ0v) is 24.4. The Balaban J connectivity index is -0.000000141. The molecule has 1 fully saturated rings. The molecule has 1 aromatic carbocycles. The summed E-state index contributed by atoms with van der Waals surface area (Å²) >= 11 is 0. The normalized spacial score (nSPS) is 16.0. The van der Waals surface area contributed by atoms with Crippen LogP contribution in [0.5, 0.6) is 0 Å². The van der Waals surface area contributed by atoms with Crippen molar-refractivity contribution in [3.05, 3.63) is 79.9 Å². The summed E-state index contributed by atoms with van der Waals surface area (Å²) in [6.45, 7) is 16.6. The molecule has 1 aliphatic rings. The van der Waals surface area contributed by atoms with Gasteiger partial charge in [-0.3, -0.25) is 4.98 Å². The van der Waals surface area contributed by atoms with Crippen molar-refractivity contribution in [2.45, 2.75) is 79.7 Å². The molecule has 0 bridgehead atoms. The van der Waals surface area contributed by atoms with Gasteiger partial charge in [-0.25, -0.2) is 0 Å². The summed E-state index contributed by atoms with van der Waals surface area (Å²) in [6.07, 6.45) is 14.1. The van der Waals surface area contributed by atoms with Gasteiger partial charge < -0.3 is 31.5 Å². The summed E-state index contributed by atoms with van der Waals surface area (Å²) in [7, 11) is 0. The van der Waals surface area contributed by atoms with Crippen LogP contribution in [-0.2, 0) is 21.1 Å². The Hall–Kier alpha value is -1.32. The molecule has 1 aromatic heterocycles. The molecule has 0 spiro atoms. The first-order chi connectivity index (χ1) is 13.4. The first-order valence-electron chi connectivity index (χ1n) is 10.7. The second-order valence-electron chi connectivity index (χ2n) is 7.86. The molecule has 4 nitrogen and oxygen atoms in total. The van der Waals surface area contributed by atoms with Crippen LogP contribution in [0.25, 0.3) is 22.7 Å². The van der Waals surface area contributed by atoms with E-state index in [2.05, 4.69) is 65.2 Å². The van der Waals surface area contributed by atoms with E-state index >= 15 is 0 Å². The first kappa shape index (κ1) is 41.9. The fourth-order valence-electron chi connectivity index (χ4n) is 3.55. The average Bonchev–Trinajstić information content (AvgIpc) is 2.70. The Morgan fingerprint density at radius 3 is 2.03 bits per heavy atom. The molecule has 33 heavy (non-hydrogen) atoms. The number of allylic oxidation sites excluding steroid dienone is 2. The fourth-order valence-corrected chi connectivity index (χ4v) is 3.55. The molecule has 3 rings (SSSR count). The topological polar surface area (TPSA) is 99.7 Å². The van der Waals surface area contributed by atoms with Crippen LogP contribution in [0.2, 0.25) is 0 Å². The molecular formula is C28H49N2O2Pt-3. The third-order valence-electron chi connectivity index (χ3n) is 5.45. The Labute approximate surface area is 219 Å². The Morgan fingerprint density at radius 1 is 1.03 bits per heavy atom. The van der Waals surface area contributed by atoms with Crippen molar-refractivity contribution < 1.29 is 32.0 Å². The summed E-state index contributed by atoms with van der Waals surface area (Å²) in [5.41, 5.74) is 13.7.